The van der Waals surface area contributed by atoms with E-state index in [1.165, 1.54) is 5.56 Å². The van der Waals surface area contributed by atoms with E-state index in [1.807, 2.05) is 49.2 Å². The molecule has 1 aromatic heterocycles. The first kappa shape index (κ1) is 19.4. The summed E-state index contributed by atoms with van der Waals surface area (Å²) in [6.45, 7) is 10.2. The number of ether oxygens (including phenoxy) is 1. The van der Waals surface area contributed by atoms with Crippen molar-refractivity contribution in [2.45, 2.75) is 33.3 Å². The van der Waals surface area contributed by atoms with Crippen molar-refractivity contribution in [2.75, 3.05) is 32.7 Å². The second-order valence-electron chi connectivity index (χ2n) is 7.20. The Kier molecular flexibility index (Phi) is 6.45. The van der Waals surface area contributed by atoms with Crippen LogP contribution < -0.4 is 4.74 Å². The maximum atomic E-state index is 12.8. The third kappa shape index (κ3) is 5.07. The molecule has 0 saturated carbocycles. The fraction of sp³-hybridized carbons (Fsp3) is 0.455. The number of nitrogens with zero attached hydrogens (tertiary/aromatic N) is 3. The zero-order valence-electron chi connectivity index (χ0n) is 16.5. The Morgan fingerprint density at radius 3 is 2.59 bits per heavy atom. The van der Waals surface area contributed by atoms with E-state index in [1.54, 1.807) is 0 Å². The Bertz CT molecular complexity index is 755. The smallest absolute Gasteiger partial charge is 0.263 e. The summed E-state index contributed by atoms with van der Waals surface area (Å²) in [4.78, 5) is 21.5. The number of carbonyl (C=O) groups excluding carboxylic acids is 1. The van der Waals surface area contributed by atoms with Crippen LogP contribution in [0, 0.1) is 13.8 Å². The van der Waals surface area contributed by atoms with Crippen LogP contribution in [0.4, 0.5) is 0 Å². The first-order valence-electron chi connectivity index (χ1n) is 9.68. The first-order valence-corrected chi connectivity index (χ1v) is 9.68. The summed E-state index contributed by atoms with van der Waals surface area (Å²) in [6, 6.07) is 12.0. The summed E-state index contributed by atoms with van der Waals surface area (Å²) in [7, 11) is 0. The highest BCUT2D eigenvalue weighted by molar-refractivity contribution is 5.81. The topological polar surface area (TPSA) is 45.7 Å². The summed E-state index contributed by atoms with van der Waals surface area (Å²) in [5.41, 5.74) is 3.39. The lowest BCUT2D eigenvalue weighted by atomic mass is 10.1. The average molecular weight is 367 g/mol. The molecule has 5 heteroatoms. The largest absolute Gasteiger partial charge is 0.481 e. The molecule has 0 bridgehead atoms. The lowest BCUT2D eigenvalue weighted by molar-refractivity contribution is -0.139. The van der Waals surface area contributed by atoms with Crippen LogP contribution in [0.5, 0.6) is 5.75 Å². The number of hydrogen-bond donors (Lipinski definition) is 0. The fourth-order valence-electron chi connectivity index (χ4n) is 3.36. The van der Waals surface area contributed by atoms with Gasteiger partial charge in [0, 0.05) is 51.0 Å². The Hall–Kier alpha value is -2.40. The maximum Gasteiger partial charge on any atom is 0.263 e. The van der Waals surface area contributed by atoms with Crippen LogP contribution in [-0.2, 0) is 11.2 Å². The number of benzene rings is 1. The molecule has 1 aliphatic heterocycles. The van der Waals surface area contributed by atoms with Crippen molar-refractivity contribution in [1.82, 2.24) is 14.8 Å². The number of rotatable bonds is 6. The van der Waals surface area contributed by atoms with E-state index in [-0.39, 0.29) is 5.91 Å². The molecule has 0 spiro atoms. The molecule has 1 aliphatic rings. The van der Waals surface area contributed by atoms with Crippen molar-refractivity contribution in [1.29, 1.82) is 0 Å². The summed E-state index contributed by atoms with van der Waals surface area (Å²) >= 11 is 0. The van der Waals surface area contributed by atoms with Crippen LogP contribution in [0.15, 0.2) is 42.6 Å². The Morgan fingerprint density at radius 1 is 1.11 bits per heavy atom. The van der Waals surface area contributed by atoms with Crippen LogP contribution >= 0.6 is 0 Å². The van der Waals surface area contributed by atoms with Gasteiger partial charge in [-0.3, -0.25) is 14.7 Å². The molecule has 1 amide bonds. The zero-order valence-corrected chi connectivity index (χ0v) is 16.5. The van der Waals surface area contributed by atoms with Crippen molar-refractivity contribution in [3.05, 3.63) is 59.4 Å². The third-order valence-corrected chi connectivity index (χ3v) is 5.30. The van der Waals surface area contributed by atoms with Crippen LogP contribution in [0.25, 0.3) is 0 Å². The zero-order chi connectivity index (χ0) is 19.2. The molecule has 0 radical (unpaired) electrons. The quantitative estimate of drug-likeness (QED) is 0.788. The molecule has 2 heterocycles. The van der Waals surface area contributed by atoms with E-state index in [2.05, 4.69) is 28.9 Å². The number of aryl methyl sites for hydroxylation is 1. The van der Waals surface area contributed by atoms with Crippen LogP contribution in [0.2, 0.25) is 0 Å². The molecule has 2 aromatic rings. The van der Waals surface area contributed by atoms with E-state index in [0.29, 0.717) is 0 Å². The second kappa shape index (κ2) is 9.00. The monoisotopic (exact) mass is 367 g/mol. The molecule has 1 fully saturated rings. The number of piperazine rings is 1. The average Bonchev–Trinajstić information content (AvgIpc) is 2.70. The fourth-order valence-corrected chi connectivity index (χ4v) is 3.36. The van der Waals surface area contributed by atoms with Crippen LogP contribution in [0.3, 0.4) is 0 Å². The van der Waals surface area contributed by atoms with Gasteiger partial charge in [-0.05, 0) is 50.1 Å². The van der Waals surface area contributed by atoms with Gasteiger partial charge in [-0.2, -0.15) is 0 Å². The van der Waals surface area contributed by atoms with Gasteiger partial charge in [0.2, 0.25) is 0 Å². The van der Waals surface area contributed by atoms with Crippen molar-refractivity contribution in [3.63, 3.8) is 0 Å². The van der Waals surface area contributed by atoms with Gasteiger partial charge >= 0.3 is 0 Å². The van der Waals surface area contributed by atoms with Gasteiger partial charge in [0.15, 0.2) is 6.10 Å². The molecule has 0 aliphatic carbocycles. The van der Waals surface area contributed by atoms with Gasteiger partial charge in [0.25, 0.3) is 5.91 Å². The highest BCUT2D eigenvalue weighted by Crippen LogP contribution is 2.22. The maximum absolute atomic E-state index is 12.8. The van der Waals surface area contributed by atoms with Gasteiger partial charge in [-0.25, -0.2) is 0 Å². The second-order valence-corrected chi connectivity index (χ2v) is 7.20. The van der Waals surface area contributed by atoms with E-state index in [0.717, 1.165) is 56.2 Å². The SMILES string of the molecule is Cc1cccc(O[C@@H](C)C(=O)N2CCN(CCc3ccccn3)CC2)c1C. The predicted octanol–water partition coefficient (Wildman–Crippen LogP) is 2.85. The van der Waals surface area contributed by atoms with E-state index < -0.39 is 6.10 Å². The third-order valence-electron chi connectivity index (χ3n) is 5.30. The number of aromatic nitrogens is 1. The molecule has 1 saturated heterocycles. The summed E-state index contributed by atoms with van der Waals surface area (Å²) < 4.78 is 5.96. The Balaban J connectivity index is 1.47. The minimum absolute atomic E-state index is 0.0697. The van der Waals surface area contributed by atoms with Gasteiger partial charge < -0.3 is 9.64 Å². The van der Waals surface area contributed by atoms with Crippen molar-refractivity contribution < 1.29 is 9.53 Å². The molecule has 27 heavy (non-hydrogen) atoms. The van der Waals surface area contributed by atoms with Crippen molar-refractivity contribution in [3.8, 4) is 5.75 Å². The Labute approximate surface area is 162 Å². The summed E-state index contributed by atoms with van der Waals surface area (Å²) in [5, 5.41) is 0. The summed E-state index contributed by atoms with van der Waals surface area (Å²) in [5.74, 6) is 0.866. The number of pyridine rings is 1. The van der Waals surface area contributed by atoms with Crippen molar-refractivity contribution in [2.24, 2.45) is 0 Å². The molecule has 5 nitrogen and oxygen atoms in total. The lowest BCUT2D eigenvalue weighted by Crippen LogP contribution is -2.52. The molecular weight excluding hydrogens is 338 g/mol. The number of amides is 1. The Morgan fingerprint density at radius 2 is 1.89 bits per heavy atom. The minimum atomic E-state index is -0.467. The molecule has 144 valence electrons. The van der Waals surface area contributed by atoms with Crippen LogP contribution in [0.1, 0.15) is 23.7 Å². The van der Waals surface area contributed by atoms with Gasteiger partial charge in [-0.15, -0.1) is 0 Å². The molecule has 3 rings (SSSR count). The van der Waals surface area contributed by atoms with Gasteiger partial charge in [0.1, 0.15) is 5.75 Å². The highest BCUT2D eigenvalue weighted by Gasteiger charge is 2.26. The molecule has 0 unspecified atom stereocenters. The van der Waals surface area contributed by atoms with Gasteiger partial charge in [-0.1, -0.05) is 18.2 Å². The molecule has 0 N–H and O–H groups in total. The van der Waals surface area contributed by atoms with E-state index >= 15 is 0 Å². The molecular formula is C22H29N3O2. The van der Waals surface area contributed by atoms with Crippen LogP contribution in [-0.4, -0.2) is 59.5 Å². The summed E-state index contributed by atoms with van der Waals surface area (Å²) in [6.07, 6.45) is 2.31. The lowest BCUT2D eigenvalue weighted by Gasteiger charge is -2.35. The normalized spacial score (nSPS) is 16.2. The molecule has 1 aromatic carbocycles. The standard InChI is InChI=1S/C22H29N3O2/c1-17-7-6-9-21(18(17)2)27-19(3)22(26)25-15-13-24(14-16-25)12-10-20-8-4-5-11-23-20/h4-9,11,19H,10,12-16H2,1-3H3/t19-/m0/s1. The van der Waals surface area contributed by atoms with E-state index in [9.17, 15) is 4.79 Å². The number of hydrogen-bond acceptors (Lipinski definition) is 4. The predicted molar refractivity (Wildman–Crippen MR) is 107 cm³/mol. The van der Waals surface area contributed by atoms with E-state index in [4.69, 9.17) is 4.74 Å². The number of carbonyl (C=O) groups is 1. The minimum Gasteiger partial charge on any atom is -0.481 e. The first-order chi connectivity index (χ1) is 13.0. The van der Waals surface area contributed by atoms with Gasteiger partial charge in [0.05, 0.1) is 0 Å². The highest BCUT2D eigenvalue weighted by atomic mass is 16.5. The van der Waals surface area contributed by atoms with Crippen molar-refractivity contribution >= 4 is 5.91 Å². The molecule has 1 atom stereocenters.